The number of nitro benzene ring substituents is 1. The Labute approximate surface area is 114 Å². The minimum Gasteiger partial charge on any atom is -0.375 e. The van der Waals surface area contributed by atoms with Gasteiger partial charge in [0.2, 0.25) is 11.8 Å². The fraction of sp³-hybridized carbons (Fsp3) is 0.333. The van der Waals surface area contributed by atoms with Crippen LogP contribution in [0.3, 0.4) is 0 Å². The molecule has 0 bridgehead atoms. The summed E-state index contributed by atoms with van der Waals surface area (Å²) in [4.78, 5) is 32.6. The van der Waals surface area contributed by atoms with Crippen LogP contribution in [-0.2, 0) is 4.79 Å². The number of nitrogens with one attached hydrogen (secondary N) is 2. The fourth-order valence-electron chi connectivity index (χ4n) is 2.03. The molecule has 1 saturated heterocycles. The van der Waals surface area contributed by atoms with Crippen molar-refractivity contribution in [2.45, 2.75) is 18.9 Å². The number of primary amides is 1. The molecule has 1 heterocycles. The number of hydrogen-bond acceptors (Lipinski definition) is 5. The minimum absolute atomic E-state index is 0.0263. The highest BCUT2D eigenvalue weighted by molar-refractivity contribution is 5.94. The number of anilines is 1. The summed E-state index contributed by atoms with van der Waals surface area (Å²) in [6, 6.07) is 3.95. The van der Waals surface area contributed by atoms with Crippen LogP contribution in [0.5, 0.6) is 0 Å². The third-order valence-electron chi connectivity index (χ3n) is 3.10. The summed E-state index contributed by atoms with van der Waals surface area (Å²) >= 11 is 0. The van der Waals surface area contributed by atoms with E-state index in [0.29, 0.717) is 25.1 Å². The molecule has 0 spiro atoms. The lowest BCUT2D eigenvalue weighted by Crippen LogP contribution is -2.41. The minimum atomic E-state index is -0.718. The van der Waals surface area contributed by atoms with E-state index in [0.717, 1.165) is 6.07 Å². The van der Waals surface area contributed by atoms with Crippen LogP contribution >= 0.6 is 0 Å². The molecule has 1 aliphatic rings. The lowest BCUT2D eigenvalue weighted by molar-refractivity contribution is -0.384. The lowest BCUT2D eigenvalue weighted by atomic mass is 10.1. The monoisotopic (exact) mass is 278 g/mol. The highest BCUT2D eigenvalue weighted by Crippen LogP contribution is 2.27. The predicted molar refractivity (Wildman–Crippen MR) is 71.3 cm³/mol. The first-order valence-electron chi connectivity index (χ1n) is 6.09. The average molecular weight is 278 g/mol. The summed E-state index contributed by atoms with van der Waals surface area (Å²) in [5.74, 6) is -0.744. The molecule has 106 valence electrons. The van der Waals surface area contributed by atoms with Gasteiger partial charge in [-0.25, -0.2) is 0 Å². The van der Waals surface area contributed by atoms with Crippen molar-refractivity contribution in [2.75, 3.05) is 11.9 Å². The number of carbonyl (C=O) groups is 2. The van der Waals surface area contributed by atoms with Gasteiger partial charge in [-0.05, 0) is 18.6 Å². The molecule has 2 amide bonds. The van der Waals surface area contributed by atoms with Crippen LogP contribution in [0, 0.1) is 10.1 Å². The van der Waals surface area contributed by atoms with Crippen molar-refractivity contribution >= 4 is 23.2 Å². The van der Waals surface area contributed by atoms with Crippen LogP contribution < -0.4 is 16.4 Å². The van der Waals surface area contributed by atoms with E-state index < -0.39 is 10.8 Å². The Hall–Kier alpha value is -2.64. The Morgan fingerprint density at radius 1 is 1.50 bits per heavy atom. The zero-order valence-electron chi connectivity index (χ0n) is 10.6. The summed E-state index contributed by atoms with van der Waals surface area (Å²) in [5, 5.41) is 16.7. The van der Waals surface area contributed by atoms with Gasteiger partial charge in [-0.1, -0.05) is 0 Å². The van der Waals surface area contributed by atoms with Crippen molar-refractivity contribution in [1.29, 1.82) is 0 Å². The molecular formula is C12H14N4O4. The van der Waals surface area contributed by atoms with Gasteiger partial charge < -0.3 is 16.4 Å². The van der Waals surface area contributed by atoms with Crippen molar-refractivity contribution in [3.8, 4) is 0 Å². The van der Waals surface area contributed by atoms with E-state index in [1.54, 1.807) is 0 Å². The molecule has 1 aromatic carbocycles. The van der Waals surface area contributed by atoms with E-state index in [1.807, 2.05) is 0 Å². The number of benzene rings is 1. The average Bonchev–Trinajstić information content (AvgIpc) is 2.41. The first kappa shape index (κ1) is 13.8. The van der Waals surface area contributed by atoms with E-state index in [1.165, 1.54) is 12.1 Å². The fourth-order valence-corrected chi connectivity index (χ4v) is 2.03. The van der Waals surface area contributed by atoms with Gasteiger partial charge in [-0.2, -0.15) is 0 Å². The van der Waals surface area contributed by atoms with Crippen LogP contribution in [0.1, 0.15) is 23.2 Å². The quantitative estimate of drug-likeness (QED) is 0.542. The molecule has 1 aliphatic heterocycles. The van der Waals surface area contributed by atoms with Crippen molar-refractivity contribution in [3.05, 3.63) is 33.9 Å². The maximum Gasteiger partial charge on any atom is 0.293 e. The molecule has 0 saturated carbocycles. The van der Waals surface area contributed by atoms with Gasteiger partial charge in [0.05, 0.1) is 4.92 Å². The number of carbonyl (C=O) groups excluding carboxylic acids is 2. The van der Waals surface area contributed by atoms with Gasteiger partial charge in [-0.3, -0.25) is 19.7 Å². The van der Waals surface area contributed by atoms with Gasteiger partial charge in [0.1, 0.15) is 5.69 Å². The molecule has 2 rings (SSSR count). The highest BCUT2D eigenvalue weighted by atomic mass is 16.6. The zero-order valence-corrected chi connectivity index (χ0v) is 10.6. The van der Waals surface area contributed by atoms with Crippen LogP contribution in [0.4, 0.5) is 11.4 Å². The molecule has 1 unspecified atom stereocenters. The first-order chi connectivity index (χ1) is 9.47. The third-order valence-corrected chi connectivity index (χ3v) is 3.10. The molecule has 20 heavy (non-hydrogen) atoms. The Bertz CT molecular complexity index is 563. The van der Waals surface area contributed by atoms with E-state index in [2.05, 4.69) is 10.6 Å². The molecule has 1 aromatic rings. The maximum atomic E-state index is 11.1. The van der Waals surface area contributed by atoms with Crippen molar-refractivity contribution in [1.82, 2.24) is 5.32 Å². The molecule has 0 aromatic heterocycles. The molecule has 0 radical (unpaired) electrons. The van der Waals surface area contributed by atoms with E-state index in [4.69, 9.17) is 5.73 Å². The number of rotatable bonds is 4. The molecule has 8 nitrogen and oxygen atoms in total. The van der Waals surface area contributed by atoms with Crippen LogP contribution in [-0.4, -0.2) is 29.3 Å². The molecule has 8 heteroatoms. The molecule has 1 fully saturated rings. The first-order valence-corrected chi connectivity index (χ1v) is 6.09. The van der Waals surface area contributed by atoms with Crippen LogP contribution in [0.15, 0.2) is 18.2 Å². The van der Waals surface area contributed by atoms with Gasteiger partial charge in [0, 0.05) is 30.6 Å². The summed E-state index contributed by atoms with van der Waals surface area (Å²) in [6.45, 7) is 0.410. The zero-order chi connectivity index (χ0) is 14.7. The molecular weight excluding hydrogens is 264 g/mol. The molecule has 0 aliphatic carbocycles. The second-order valence-corrected chi connectivity index (χ2v) is 4.54. The van der Waals surface area contributed by atoms with Crippen LogP contribution in [0.2, 0.25) is 0 Å². The van der Waals surface area contributed by atoms with Gasteiger partial charge in [0.25, 0.3) is 5.69 Å². The van der Waals surface area contributed by atoms with Gasteiger partial charge in [0.15, 0.2) is 0 Å². The maximum absolute atomic E-state index is 11.1. The number of nitrogens with zero attached hydrogens (tertiary/aromatic N) is 1. The topological polar surface area (TPSA) is 127 Å². The number of nitrogens with two attached hydrogens (primary N) is 1. The summed E-state index contributed by atoms with van der Waals surface area (Å²) in [5.41, 5.74) is 5.28. The van der Waals surface area contributed by atoms with Crippen molar-refractivity contribution in [2.24, 2.45) is 5.73 Å². The van der Waals surface area contributed by atoms with Crippen molar-refractivity contribution in [3.63, 3.8) is 0 Å². The second kappa shape index (κ2) is 5.55. The number of amides is 2. The lowest BCUT2D eigenvalue weighted by Gasteiger charge is -2.24. The number of hydrogen-bond donors (Lipinski definition) is 3. The second-order valence-electron chi connectivity index (χ2n) is 4.54. The van der Waals surface area contributed by atoms with E-state index in [9.17, 15) is 19.7 Å². The Morgan fingerprint density at radius 3 is 2.80 bits per heavy atom. The highest BCUT2D eigenvalue weighted by Gasteiger charge is 2.22. The number of piperidine rings is 1. The van der Waals surface area contributed by atoms with E-state index >= 15 is 0 Å². The summed E-state index contributed by atoms with van der Waals surface area (Å²) < 4.78 is 0. The van der Waals surface area contributed by atoms with E-state index in [-0.39, 0.29) is 23.2 Å². The summed E-state index contributed by atoms with van der Waals surface area (Å²) in [7, 11) is 0. The SMILES string of the molecule is NC(=O)c1ccc(NC2CCC(=O)NC2)c([N+](=O)[O-])c1. The van der Waals surface area contributed by atoms with Crippen LogP contribution in [0.25, 0.3) is 0 Å². The standard InChI is InChI=1S/C12H14N4O4/c13-12(18)7-1-3-9(10(5-7)16(19)20)15-8-2-4-11(17)14-6-8/h1,3,5,8,15H,2,4,6H2,(H2,13,18)(H,14,17). The molecule has 4 N–H and O–H groups in total. The third kappa shape index (κ3) is 3.02. The number of nitro groups is 1. The van der Waals surface area contributed by atoms with Gasteiger partial charge >= 0.3 is 0 Å². The Morgan fingerprint density at radius 2 is 2.25 bits per heavy atom. The normalized spacial score (nSPS) is 18.2. The smallest absolute Gasteiger partial charge is 0.293 e. The predicted octanol–water partition coefficient (Wildman–Crippen LogP) is 0.384. The largest absolute Gasteiger partial charge is 0.375 e. The summed E-state index contributed by atoms with van der Waals surface area (Å²) in [6.07, 6.45) is 0.978. The Balaban J connectivity index is 2.20. The van der Waals surface area contributed by atoms with Gasteiger partial charge in [-0.15, -0.1) is 0 Å². The molecule has 1 atom stereocenters. The van der Waals surface area contributed by atoms with Crippen molar-refractivity contribution < 1.29 is 14.5 Å². The Kier molecular flexibility index (Phi) is 3.83.